The van der Waals surface area contributed by atoms with Gasteiger partial charge in [0.05, 0.1) is 12.7 Å². The van der Waals surface area contributed by atoms with Gasteiger partial charge in [-0.25, -0.2) is 4.39 Å². The van der Waals surface area contributed by atoms with Crippen LogP contribution in [-0.2, 0) is 16.0 Å². The molecular weight excluding hydrogens is 301 g/mol. The first kappa shape index (κ1) is 14.7. The maximum atomic E-state index is 13.7. The maximum absolute atomic E-state index is 13.7. The average molecular weight is 314 g/mol. The van der Waals surface area contributed by atoms with E-state index in [-0.39, 0.29) is 13.0 Å². The van der Waals surface area contributed by atoms with Crippen molar-refractivity contribution in [1.82, 2.24) is 0 Å². The lowest BCUT2D eigenvalue weighted by atomic mass is 9.85. The largest absolute Gasteiger partial charge is 0.465 e. The number of hydrogen-bond acceptors (Lipinski definition) is 3. The van der Waals surface area contributed by atoms with Gasteiger partial charge in [-0.3, -0.25) is 4.79 Å². The number of carbonyl (C=O) groups excluding carboxylic acids is 1. The molecule has 1 rings (SSSR count). The van der Waals surface area contributed by atoms with Crippen molar-refractivity contribution in [2.24, 2.45) is 5.41 Å². The Hall–Kier alpha value is -1.41. The Bertz CT molecular complexity index is 498. The fourth-order valence-electron chi connectivity index (χ4n) is 1.49. The van der Waals surface area contributed by atoms with Crippen LogP contribution in [0.2, 0.25) is 0 Å². The monoisotopic (exact) mass is 313 g/mol. The zero-order valence-corrected chi connectivity index (χ0v) is 11.8. The first-order valence-corrected chi connectivity index (χ1v) is 6.24. The molecule has 1 aromatic rings. The summed E-state index contributed by atoms with van der Waals surface area (Å²) < 4.78 is 19.1. The van der Waals surface area contributed by atoms with E-state index in [0.29, 0.717) is 10.0 Å². The highest BCUT2D eigenvalue weighted by atomic mass is 79.9. The van der Waals surface area contributed by atoms with E-state index >= 15 is 0 Å². The van der Waals surface area contributed by atoms with E-state index < -0.39 is 17.2 Å². The predicted molar refractivity (Wildman–Crippen MR) is 68.2 cm³/mol. The van der Waals surface area contributed by atoms with Crippen molar-refractivity contribution in [2.75, 3.05) is 6.61 Å². The van der Waals surface area contributed by atoms with Crippen LogP contribution in [0.5, 0.6) is 0 Å². The fraction of sp³-hybridized carbons (Fsp3) is 0.385. The number of ether oxygens (including phenoxy) is 1. The molecule has 0 bridgehead atoms. The van der Waals surface area contributed by atoms with Crippen LogP contribution < -0.4 is 0 Å². The van der Waals surface area contributed by atoms with E-state index in [9.17, 15) is 9.18 Å². The number of esters is 1. The predicted octanol–water partition coefficient (Wildman–Crippen LogP) is 3.22. The highest BCUT2D eigenvalue weighted by Gasteiger charge is 2.36. The van der Waals surface area contributed by atoms with Crippen LogP contribution in [0.4, 0.5) is 4.39 Å². The molecule has 96 valence electrons. The second-order valence-corrected chi connectivity index (χ2v) is 4.99. The van der Waals surface area contributed by atoms with Crippen LogP contribution >= 0.6 is 15.9 Å². The summed E-state index contributed by atoms with van der Waals surface area (Å²) in [5, 5.41) is 9.11. The summed E-state index contributed by atoms with van der Waals surface area (Å²) in [7, 11) is 0. The Kier molecular flexibility index (Phi) is 4.85. The van der Waals surface area contributed by atoms with Crippen molar-refractivity contribution in [3.63, 3.8) is 0 Å². The van der Waals surface area contributed by atoms with Crippen molar-refractivity contribution in [1.29, 1.82) is 5.26 Å². The summed E-state index contributed by atoms with van der Waals surface area (Å²) in [6, 6.07) is 6.42. The van der Waals surface area contributed by atoms with Crippen molar-refractivity contribution in [3.05, 3.63) is 34.1 Å². The molecule has 1 atom stereocenters. The summed E-state index contributed by atoms with van der Waals surface area (Å²) in [6.45, 7) is 3.31. The molecular formula is C13H13BrFNO2. The number of hydrogen-bond donors (Lipinski definition) is 0. The molecule has 0 fully saturated rings. The molecule has 0 aliphatic carbocycles. The third-order valence-corrected chi connectivity index (χ3v) is 3.03. The van der Waals surface area contributed by atoms with E-state index in [1.165, 1.54) is 13.0 Å². The van der Waals surface area contributed by atoms with Gasteiger partial charge in [-0.1, -0.05) is 22.0 Å². The molecule has 1 unspecified atom stereocenters. The molecule has 0 aliphatic heterocycles. The summed E-state index contributed by atoms with van der Waals surface area (Å²) in [5.41, 5.74) is -1.06. The molecule has 18 heavy (non-hydrogen) atoms. The fourth-order valence-corrected chi connectivity index (χ4v) is 1.83. The van der Waals surface area contributed by atoms with Crippen LogP contribution in [0.25, 0.3) is 0 Å². The van der Waals surface area contributed by atoms with E-state index in [2.05, 4.69) is 15.9 Å². The second kappa shape index (κ2) is 5.96. The van der Waals surface area contributed by atoms with Gasteiger partial charge in [0.2, 0.25) is 0 Å². The molecule has 0 aromatic heterocycles. The molecule has 1 aromatic carbocycles. The van der Waals surface area contributed by atoms with E-state index in [1.54, 1.807) is 19.1 Å². The van der Waals surface area contributed by atoms with Gasteiger partial charge in [-0.05, 0) is 31.5 Å². The lowest BCUT2D eigenvalue weighted by Crippen LogP contribution is -2.31. The molecule has 0 aliphatic rings. The molecule has 0 heterocycles. The van der Waals surface area contributed by atoms with Crippen LogP contribution in [0.1, 0.15) is 19.4 Å². The van der Waals surface area contributed by atoms with Gasteiger partial charge >= 0.3 is 5.97 Å². The van der Waals surface area contributed by atoms with Crippen LogP contribution in [0.3, 0.4) is 0 Å². The number of carbonyl (C=O) groups is 1. The van der Waals surface area contributed by atoms with Gasteiger partial charge < -0.3 is 4.74 Å². The van der Waals surface area contributed by atoms with Crippen LogP contribution in [-0.4, -0.2) is 12.6 Å². The van der Waals surface area contributed by atoms with Gasteiger partial charge in [0.15, 0.2) is 5.41 Å². The highest BCUT2D eigenvalue weighted by Crippen LogP contribution is 2.26. The van der Waals surface area contributed by atoms with Crippen molar-refractivity contribution in [2.45, 2.75) is 20.3 Å². The molecule has 0 radical (unpaired) electrons. The molecule has 3 nitrogen and oxygen atoms in total. The second-order valence-electron chi connectivity index (χ2n) is 4.08. The van der Waals surface area contributed by atoms with E-state index in [1.807, 2.05) is 6.07 Å². The minimum absolute atomic E-state index is 0.0125. The quantitative estimate of drug-likeness (QED) is 0.802. The smallest absolute Gasteiger partial charge is 0.326 e. The minimum atomic E-state index is -1.37. The molecule has 0 spiro atoms. The average Bonchev–Trinajstić information content (AvgIpc) is 2.33. The normalized spacial score (nSPS) is 13.5. The third kappa shape index (κ3) is 3.30. The van der Waals surface area contributed by atoms with Crippen molar-refractivity contribution >= 4 is 21.9 Å². The number of halogens is 2. The lowest BCUT2D eigenvalue weighted by Gasteiger charge is -2.19. The van der Waals surface area contributed by atoms with Gasteiger partial charge in [0, 0.05) is 10.9 Å². The zero-order valence-electron chi connectivity index (χ0n) is 10.2. The summed E-state index contributed by atoms with van der Waals surface area (Å²) in [6.07, 6.45) is -0.0125. The Morgan fingerprint density at radius 2 is 2.28 bits per heavy atom. The Morgan fingerprint density at radius 1 is 1.61 bits per heavy atom. The molecule has 0 N–H and O–H groups in total. The first-order valence-electron chi connectivity index (χ1n) is 5.45. The Labute approximate surface area is 114 Å². The summed E-state index contributed by atoms with van der Waals surface area (Å²) in [4.78, 5) is 11.7. The number of benzene rings is 1. The van der Waals surface area contributed by atoms with Gasteiger partial charge in [-0.15, -0.1) is 0 Å². The number of nitrogens with zero attached hydrogens (tertiary/aromatic N) is 1. The SMILES string of the molecule is CCOC(=O)C(C)(C#N)Cc1ccc(Br)cc1F. The molecule has 0 saturated heterocycles. The van der Waals surface area contributed by atoms with Crippen LogP contribution in [0, 0.1) is 22.6 Å². The summed E-state index contributed by atoms with van der Waals surface area (Å²) in [5.74, 6) is -1.08. The lowest BCUT2D eigenvalue weighted by molar-refractivity contribution is -0.151. The minimum Gasteiger partial charge on any atom is -0.465 e. The van der Waals surface area contributed by atoms with Crippen molar-refractivity contribution in [3.8, 4) is 6.07 Å². The van der Waals surface area contributed by atoms with Crippen molar-refractivity contribution < 1.29 is 13.9 Å². The summed E-state index contributed by atoms with van der Waals surface area (Å²) >= 11 is 3.15. The van der Waals surface area contributed by atoms with Gasteiger partial charge in [0.1, 0.15) is 5.82 Å². The topological polar surface area (TPSA) is 50.1 Å². The van der Waals surface area contributed by atoms with Gasteiger partial charge in [0.25, 0.3) is 0 Å². The molecule has 0 amide bonds. The number of nitriles is 1. The number of rotatable bonds is 4. The Morgan fingerprint density at radius 3 is 2.78 bits per heavy atom. The Balaban J connectivity index is 2.99. The van der Waals surface area contributed by atoms with E-state index in [0.717, 1.165) is 0 Å². The third-order valence-electron chi connectivity index (χ3n) is 2.53. The highest BCUT2D eigenvalue weighted by molar-refractivity contribution is 9.10. The van der Waals surface area contributed by atoms with Crippen LogP contribution in [0.15, 0.2) is 22.7 Å². The zero-order chi connectivity index (χ0) is 13.8. The van der Waals surface area contributed by atoms with Gasteiger partial charge in [-0.2, -0.15) is 5.26 Å². The first-order chi connectivity index (χ1) is 8.42. The van der Waals surface area contributed by atoms with E-state index in [4.69, 9.17) is 10.00 Å². The molecule has 5 heteroatoms. The standard InChI is InChI=1S/C13H13BrFNO2/c1-3-18-12(17)13(2,8-16)7-9-4-5-10(14)6-11(9)15/h4-6H,3,7H2,1-2H3. The maximum Gasteiger partial charge on any atom is 0.326 e. The molecule has 0 saturated carbocycles.